The van der Waals surface area contributed by atoms with Crippen molar-refractivity contribution >= 4 is 5.91 Å². The van der Waals surface area contributed by atoms with E-state index in [1.807, 2.05) is 13.1 Å². The SMILES string of the molecule is Cc1nccn1CCCC(=O)NC1c2ccccc2CC1C. The first kappa shape index (κ1) is 14.8. The van der Waals surface area contributed by atoms with Gasteiger partial charge in [0.2, 0.25) is 5.91 Å². The van der Waals surface area contributed by atoms with Crippen molar-refractivity contribution in [3.63, 3.8) is 0 Å². The van der Waals surface area contributed by atoms with Crippen LogP contribution in [-0.2, 0) is 17.8 Å². The molecule has 4 nitrogen and oxygen atoms in total. The van der Waals surface area contributed by atoms with E-state index < -0.39 is 0 Å². The minimum absolute atomic E-state index is 0.145. The van der Waals surface area contributed by atoms with Crippen LogP contribution in [0, 0.1) is 12.8 Å². The second kappa shape index (κ2) is 6.34. The lowest BCUT2D eigenvalue weighted by atomic mass is 10.0. The molecule has 0 bridgehead atoms. The van der Waals surface area contributed by atoms with Crippen molar-refractivity contribution in [2.75, 3.05) is 0 Å². The molecule has 1 amide bonds. The number of hydrogen-bond acceptors (Lipinski definition) is 2. The molecule has 0 saturated carbocycles. The zero-order chi connectivity index (χ0) is 15.5. The first-order valence-electron chi connectivity index (χ1n) is 8.00. The highest BCUT2D eigenvalue weighted by Crippen LogP contribution is 2.35. The van der Waals surface area contributed by atoms with E-state index in [1.54, 1.807) is 6.20 Å². The number of carbonyl (C=O) groups excluding carboxylic acids is 1. The van der Waals surface area contributed by atoms with E-state index in [-0.39, 0.29) is 11.9 Å². The van der Waals surface area contributed by atoms with E-state index >= 15 is 0 Å². The molecule has 1 aromatic heterocycles. The zero-order valence-electron chi connectivity index (χ0n) is 13.2. The molecule has 2 aromatic rings. The maximum absolute atomic E-state index is 12.2. The van der Waals surface area contributed by atoms with Crippen molar-refractivity contribution in [1.82, 2.24) is 14.9 Å². The van der Waals surface area contributed by atoms with Crippen molar-refractivity contribution in [2.24, 2.45) is 5.92 Å². The van der Waals surface area contributed by atoms with Crippen molar-refractivity contribution < 1.29 is 4.79 Å². The Morgan fingerprint density at radius 2 is 2.23 bits per heavy atom. The number of fused-ring (bicyclic) bond motifs is 1. The van der Waals surface area contributed by atoms with Gasteiger partial charge in [-0.05, 0) is 36.8 Å². The van der Waals surface area contributed by atoms with Crippen molar-refractivity contribution in [3.05, 3.63) is 53.6 Å². The van der Waals surface area contributed by atoms with Gasteiger partial charge in [-0.25, -0.2) is 4.98 Å². The highest BCUT2D eigenvalue weighted by Gasteiger charge is 2.29. The number of amides is 1. The van der Waals surface area contributed by atoms with Gasteiger partial charge in [0, 0.05) is 25.4 Å². The lowest BCUT2D eigenvalue weighted by Gasteiger charge is -2.19. The summed E-state index contributed by atoms with van der Waals surface area (Å²) >= 11 is 0. The van der Waals surface area contributed by atoms with Crippen LogP contribution >= 0.6 is 0 Å². The Bertz CT molecular complexity index is 662. The summed E-state index contributed by atoms with van der Waals surface area (Å²) in [4.78, 5) is 16.4. The fourth-order valence-electron chi connectivity index (χ4n) is 3.31. The quantitative estimate of drug-likeness (QED) is 0.922. The van der Waals surface area contributed by atoms with Gasteiger partial charge < -0.3 is 9.88 Å². The van der Waals surface area contributed by atoms with Crippen LogP contribution in [0.2, 0.25) is 0 Å². The summed E-state index contributed by atoms with van der Waals surface area (Å²) in [6.07, 6.45) is 6.21. The van der Waals surface area contributed by atoms with Crippen LogP contribution in [0.15, 0.2) is 36.7 Å². The number of nitrogens with zero attached hydrogens (tertiary/aromatic N) is 2. The predicted molar refractivity (Wildman–Crippen MR) is 86.4 cm³/mol. The summed E-state index contributed by atoms with van der Waals surface area (Å²) < 4.78 is 2.08. The Hall–Kier alpha value is -2.10. The summed E-state index contributed by atoms with van der Waals surface area (Å²) in [5.41, 5.74) is 2.66. The zero-order valence-corrected chi connectivity index (χ0v) is 13.2. The second-order valence-electron chi connectivity index (χ2n) is 6.20. The van der Waals surface area contributed by atoms with Crippen LogP contribution in [0.4, 0.5) is 0 Å². The molecule has 3 rings (SSSR count). The molecule has 0 fully saturated rings. The van der Waals surface area contributed by atoms with Crippen LogP contribution < -0.4 is 5.32 Å². The molecule has 1 aromatic carbocycles. The summed E-state index contributed by atoms with van der Waals surface area (Å²) in [5.74, 6) is 1.61. The van der Waals surface area contributed by atoms with E-state index in [2.05, 4.69) is 46.1 Å². The lowest BCUT2D eigenvalue weighted by molar-refractivity contribution is -0.122. The van der Waals surface area contributed by atoms with Gasteiger partial charge >= 0.3 is 0 Å². The molecule has 1 N–H and O–H groups in total. The minimum Gasteiger partial charge on any atom is -0.349 e. The van der Waals surface area contributed by atoms with Crippen molar-refractivity contribution in [2.45, 2.75) is 45.7 Å². The lowest BCUT2D eigenvalue weighted by Crippen LogP contribution is -2.30. The standard InChI is InChI=1S/C18H23N3O/c1-13-12-15-6-3-4-7-16(15)18(13)20-17(22)8-5-10-21-11-9-19-14(21)2/h3-4,6-7,9,11,13,18H,5,8,10,12H2,1-2H3,(H,20,22). The normalized spacial score (nSPS) is 19.9. The van der Waals surface area contributed by atoms with Gasteiger partial charge in [0.05, 0.1) is 6.04 Å². The Kier molecular flexibility index (Phi) is 4.27. The number of rotatable bonds is 5. The van der Waals surface area contributed by atoms with E-state index in [0.717, 1.165) is 25.2 Å². The second-order valence-corrected chi connectivity index (χ2v) is 6.20. The molecule has 0 aliphatic heterocycles. The predicted octanol–water partition coefficient (Wildman–Crippen LogP) is 3.02. The first-order chi connectivity index (χ1) is 10.6. The number of hydrogen-bond donors (Lipinski definition) is 1. The first-order valence-corrected chi connectivity index (χ1v) is 8.00. The fourth-order valence-corrected chi connectivity index (χ4v) is 3.31. The molecule has 0 spiro atoms. The van der Waals surface area contributed by atoms with Crippen LogP contribution in [0.3, 0.4) is 0 Å². The minimum atomic E-state index is 0.145. The average molecular weight is 297 g/mol. The smallest absolute Gasteiger partial charge is 0.220 e. The van der Waals surface area contributed by atoms with Gasteiger partial charge in [-0.15, -0.1) is 0 Å². The van der Waals surface area contributed by atoms with Crippen molar-refractivity contribution in [3.8, 4) is 0 Å². The number of carbonyl (C=O) groups is 1. The average Bonchev–Trinajstić information content (AvgIpc) is 3.04. The van der Waals surface area contributed by atoms with Gasteiger partial charge in [0.1, 0.15) is 5.82 Å². The van der Waals surface area contributed by atoms with Gasteiger partial charge in [0.25, 0.3) is 0 Å². The van der Waals surface area contributed by atoms with E-state index in [0.29, 0.717) is 12.3 Å². The van der Waals surface area contributed by atoms with Gasteiger partial charge in [0.15, 0.2) is 0 Å². The molecule has 1 aliphatic carbocycles. The number of imidazole rings is 1. The summed E-state index contributed by atoms with van der Waals surface area (Å²) in [7, 11) is 0. The molecule has 22 heavy (non-hydrogen) atoms. The highest BCUT2D eigenvalue weighted by atomic mass is 16.1. The van der Waals surface area contributed by atoms with E-state index in [4.69, 9.17) is 0 Å². The van der Waals surface area contributed by atoms with Gasteiger partial charge in [-0.2, -0.15) is 0 Å². The molecule has 116 valence electrons. The molecule has 4 heteroatoms. The van der Waals surface area contributed by atoms with E-state index in [1.165, 1.54) is 11.1 Å². The summed E-state index contributed by atoms with van der Waals surface area (Å²) in [5, 5.41) is 3.22. The molecule has 1 heterocycles. The Morgan fingerprint density at radius 1 is 1.41 bits per heavy atom. The molecule has 1 aliphatic rings. The highest BCUT2D eigenvalue weighted by molar-refractivity contribution is 5.76. The molecule has 0 saturated heterocycles. The largest absolute Gasteiger partial charge is 0.349 e. The number of nitrogens with one attached hydrogen (secondary N) is 1. The monoisotopic (exact) mass is 297 g/mol. The third kappa shape index (κ3) is 3.06. The van der Waals surface area contributed by atoms with Gasteiger partial charge in [-0.3, -0.25) is 4.79 Å². The third-order valence-corrected chi connectivity index (χ3v) is 4.54. The molecule has 2 unspecified atom stereocenters. The third-order valence-electron chi connectivity index (χ3n) is 4.54. The Labute approximate surface area is 131 Å². The van der Waals surface area contributed by atoms with Crippen molar-refractivity contribution in [1.29, 1.82) is 0 Å². The van der Waals surface area contributed by atoms with Crippen LogP contribution in [-0.4, -0.2) is 15.5 Å². The molecular weight excluding hydrogens is 274 g/mol. The molecule has 0 radical (unpaired) electrons. The fraction of sp³-hybridized carbons (Fsp3) is 0.444. The van der Waals surface area contributed by atoms with Crippen LogP contribution in [0.5, 0.6) is 0 Å². The maximum Gasteiger partial charge on any atom is 0.220 e. The van der Waals surface area contributed by atoms with Gasteiger partial charge in [-0.1, -0.05) is 31.2 Å². The van der Waals surface area contributed by atoms with E-state index in [9.17, 15) is 4.79 Å². The number of aryl methyl sites for hydroxylation is 2. The number of benzene rings is 1. The summed E-state index contributed by atoms with van der Waals surface area (Å²) in [6, 6.07) is 8.60. The topological polar surface area (TPSA) is 46.9 Å². The molecular formula is C18H23N3O. The Balaban J connectivity index is 1.53. The van der Waals surface area contributed by atoms with Crippen LogP contribution in [0.1, 0.15) is 42.8 Å². The maximum atomic E-state index is 12.2. The van der Waals surface area contributed by atoms with Crippen LogP contribution in [0.25, 0.3) is 0 Å². The number of aromatic nitrogens is 2. The Morgan fingerprint density at radius 3 is 3.00 bits per heavy atom. The molecule has 2 atom stereocenters. The summed E-state index contributed by atoms with van der Waals surface area (Å²) in [6.45, 7) is 5.03.